The van der Waals surface area contributed by atoms with Crippen LogP contribution in [0.2, 0.25) is 0 Å². The summed E-state index contributed by atoms with van der Waals surface area (Å²) in [7, 11) is 1.62. The predicted molar refractivity (Wildman–Crippen MR) is 106 cm³/mol. The van der Waals surface area contributed by atoms with Gasteiger partial charge < -0.3 is 14.5 Å². The number of benzene rings is 1. The Labute approximate surface area is 167 Å². The van der Waals surface area contributed by atoms with Gasteiger partial charge in [0.15, 0.2) is 5.76 Å². The van der Waals surface area contributed by atoms with Crippen molar-refractivity contribution in [1.82, 2.24) is 25.1 Å². The molecule has 0 aliphatic carbocycles. The van der Waals surface area contributed by atoms with Gasteiger partial charge in [-0.3, -0.25) is 4.79 Å². The van der Waals surface area contributed by atoms with E-state index in [1.54, 1.807) is 38.6 Å². The summed E-state index contributed by atoms with van der Waals surface area (Å²) in [6.45, 7) is 2.20. The van der Waals surface area contributed by atoms with Gasteiger partial charge in [-0.05, 0) is 42.8 Å². The van der Waals surface area contributed by atoms with Crippen LogP contribution in [0.25, 0.3) is 17.4 Å². The van der Waals surface area contributed by atoms with Crippen molar-refractivity contribution in [2.24, 2.45) is 0 Å². The third kappa shape index (κ3) is 3.86. The Hall–Kier alpha value is -3.94. The topological polar surface area (TPSA) is 95.1 Å². The number of amides is 1. The van der Waals surface area contributed by atoms with Crippen LogP contribution in [-0.4, -0.2) is 32.8 Å². The molecule has 0 radical (unpaired) electrons. The second kappa shape index (κ2) is 7.97. The molecule has 0 unspecified atom stereocenters. The lowest BCUT2D eigenvalue weighted by Crippen LogP contribution is -2.23. The van der Waals surface area contributed by atoms with E-state index >= 15 is 0 Å². The number of hydrogen-bond donors (Lipinski definition) is 1. The molecule has 1 N–H and O–H groups in total. The van der Waals surface area contributed by atoms with Crippen molar-refractivity contribution >= 4 is 5.91 Å². The highest BCUT2D eigenvalue weighted by atomic mass is 16.5. The minimum absolute atomic E-state index is 0.216. The molecule has 29 heavy (non-hydrogen) atoms. The van der Waals surface area contributed by atoms with Gasteiger partial charge in [-0.25, -0.2) is 14.6 Å². The van der Waals surface area contributed by atoms with Crippen LogP contribution >= 0.6 is 0 Å². The quantitative estimate of drug-likeness (QED) is 0.544. The number of methoxy groups -OCH3 is 1. The van der Waals surface area contributed by atoms with E-state index in [2.05, 4.69) is 20.4 Å². The highest BCUT2D eigenvalue weighted by molar-refractivity contribution is 5.95. The van der Waals surface area contributed by atoms with Crippen molar-refractivity contribution in [2.75, 3.05) is 7.11 Å². The van der Waals surface area contributed by atoms with Crippen LogP contribution < -0.4 is 10.1 Å². The van der Waals surface area contributed by atoms with Crippen LogP contribution in [0.15, 0.2) is 65.5 Å². The summed E-state index contributed by atoms with van der Waals surface area (Å²) in [5, 5.41) is 7.19. The lowest BCUT2D eigenvalue weighted by Gasteiger charge is -2.07. The second-order valence-corrected chi connectivity index (χ2v) is 6.31. The second-order valence-electron chi connectivity index (χ2n) is 6.31. The van der Waals surface area contributed by atoms with E-state index in [4.69, 9.17) is 9.15 Å². The smallest absolute Gasteiger partial charge is 0.255 e. The summed E-state index contributed by atoms with van der Waals surface area (Å²) in [6.07, 6.45) is 4.73. The normalized spacial score (nSPS) is 10.7. The van der Waals surface area contributed by atoms with Crippen LogP contribution in [0.1, 0.15) is 21.6 Å². The van der Waals surface area contributed by atoms with Crippen molar-refractivity contribution in [3.8, 4) is 23.2 Å². The average Bonchev–Trinajstić information content (AvgIpc) is 3.43. The maximum absolute atomic E-state index is 12.6. The molecule has 3 aromatic heterocycles. The van der Waals surface area contributed by atoms with Crippen LogP contribution in [0.5, 0.6) is 5.75 Å². The first kappa shape index (κ1) is 18.4. The maximum atomic E-state index is 12.6. The number of nitrogens with zero attached hydrogens (tertiary/aromatic N) is 4. The third-order valence-electron chi connectivity index (χ3n) is 4.47. The van der Waals surface area contributed by atoms with Gasteiger partial charge in [0.1, 0.15) is 11.4 Å². The molecule has 0 aliphatic heterocycles. The van der Waals surface area contributed by atoms with E-state index in [9.17, 15) is 4.79 Å². The van der Waals surface area contributed by atoms with E-state index in [-0.39, 0.29) is 5.91 Å². The largest absolute Gasteiger partial charge is 0.497 e. The molecule has 1 amide bonds. The van der Waals surface area contributed by atoms with Crippen molar-refractivity contribution < 1.29 is 13.9 Å². The Morgan fingerprint density at radius 1 is 1.21 bits per heavy atom. The molecule has 0 spiro atoms. The summed E-state index contributed by atoms with van der Waals surface area (Å²) in [5.74, 6) is 1.56. The van der Waals surface area contributed by atoms with Crippen LogP contribution in [0.4, 0.5) is 0 Å². The van der Waals surface area contributed by atoms with Crippen LogP contribution in [0.3, 0.4) is 0 Å². The number of nitrogens with one attached hydrogen (secondary N) is 1. The highest BCUT2D eigenvalue weighted by Gasteiger charge is 2.17. The molecular weight excluding hydrogens is 370 g/mol. The Bertz CT molecular complexity index is 1120. The molecular formula is C21H19N5O3. The van der Waals surface area contributed by atoms with Crippen LogP contribution in [0, 0.1) is 6.92 Å². The van der Waals surface area contributed by atoms with Crippen molar-refractivity contribution in [1.29, 1.82) is 0 Å². The Kier molecular flexibility index (Phi) is 5.07. The number of aromatic nitrogens is 4. The van der Waals surface area contributed by atoms with E-state index in [1.807, 2.05) is 30.3 Å². The lowest BCUT2D eigenvalue weighted by atomic mass is 10.2. The molecule has 8 heteroatoms. The minimum Gasteiger partial charge on any atom is -0.497 e. The molecule has 4 rings (SSSR count). The van der Waals surface area contributed by atoms with Crippen molar-refractivity contribution in [2.45, 2.75) is 13.5 Å². The molecule has 0 fully saturated rings. The van der Waals surface area contributed by atoms with Gasteiger partial charge in [0.05, 0.1) is 30.8 Å². The average molecular weight is 389 g/mol. The van der Waals surface area contributed by atoms with Gasteiger partial charge in [0, 0.05) is 12.7 Å². The Balaban J connectivity index is 1.50. The number of furan rings is 1. The first-order valence-corrected chi connectivity index (χ1v) is 8.99. The van der Waals surface area contributed by atoms with Gasteiger partial charge >= 0.3 is 0 Å². The standard InChI is InChI=1S/C21H19N5O3/c1-14-17(20(27)23-12-15-5-7-16(28-2)8-6-15)13-24-26(14)21-22-10-9-18(25-21)19-4-3-11-29-19/h3-11,13H,12H2,1-2H3,(H,23,27). The zero-order valence-electron chi connectivity index (χ0n) is 16.0. The Morgan fingerprint density at radius 2 is 2.03 bits per heavy atom. The molecule has 4 aromatic rings. The number of hydrogen-bond acceptors (Lipinski definition) is 6. The zero-order chi connectivity index (χ0) is 20.2. The lowest BCUT2D eigenvalue weighted by molar-refractivity contribution is 0.0950. The van der Waals surface area contributed by atoms with Gasteiger partial charge in [-0.1, -0.05) is 12.1 Å². The van der Waals surface area contributed by atoms with Gasteiger partial charge in [-0.15, -0.1) is 0 Å². The minimum atomic E-state index is -0.216. The Morgan fingerprint density at radius 3 is 2.76 bits per heavy atom. The first-order chi connectivity index (χ1) is 14.2. The van der Waals surface area contributed by atoms with E-state index < -0.39 is 0 Å². The zero-order valence-corrected chi connectivity index (χ0v) is 16.0. The van der Waals surface area contributed by atoms with Crippen molar-refractivity contribution in [3.63, 3.8) is 0 Å². The van der Waals surface area contributed by atoms with E-state index in [1.165, 1.54) is 10.9 Å². The fourth-order valence-corrected chi connectivity index (χ4v) is 2.87. The summed E-state index contributed by atoms with van der Waals surface area (Å²) in [4.78, 5) is 21.4. The molecule has 8 nitrogen and oxygen atoms in total. The maximum Gasteiger partial charge on any atom is 0.255 e. The number of ether oxygens (including phenoxy) is 1. The monoisotopic (exact) mass is 389 g/mol. The fraction of sp³-hybridized carbons (Fsp3) is 0.143. The number of carbonyl (C=O) groups excluding carboxylic acids is 1. The van der Waals surface area contributed by atoms with E-state index in [0.29, 0.717) is 35.2 Å². The van der Waals surface area contributed by atoms with Gasteiger partial charge in [0.2, 0.25) is 0 Å². The van der Waals surface area contributed by atoms with Gasteiger partial charge in [-0.2, -0.15) is 5.10 Å². The summed E-state index contributed by atoms with van der Waals surface area (Å²) in [6, 6.07) is 12.9. The molecule has 0 saturated heterocycles. The molecule has 3 heterocycles. The SMILES string of the molecule is COc1ccc(CNC(=O)c2cnn(-c3nccc(-c4ccco4)n3)c2C)cc1. The van der Waals surface area contributed by atoms with Gasteiger partial charge in [0.25, 0.3) is 11.9 Å². The molecule has 1 aromatic carbocycles. The molecule has 146 valence electrons. The predicted octanol–water partition coefficient (Wildman–Crippen LogP) is 3.17. The van der Waals surface area contributed by atoms with E-state index in [0.717, 1.165) is 11.3 Å². The van der Waals surface area contributed by atoms with Crippen LogP contribution in [-0.2, 0) is 6.54 Å². The highest BCUT2D eigenvalue weighted by Crippen LogP contribution is 2.19. The first-order valence-electron chi connectivity index (χ1n) is 8.99. The summed E-state index contributed by atoms with van der Waals surface area (Å²) < 4.78 is 12.1. The number of carbonyl (C=O) groups is 1. The number of rotatable bonds is 6. The van der Waals surface area contributed by atoms with Crippen molar-refractivity contribution in [3.05, 3.63) is 77.9 Å². The molecule has 0 atom stereocenters. The summed E-state index contributed by atoms with van der Waals surface area (Å²) in [5.41, 5.74) is 2.72. The molecule has 0 saturated carbocycles. The molecule has 0 aliphatic rings. The molecule has 0 bridgehead atoms. The third-order valence-corrected chi connectivity index (χ3v) is 4.47. The fourth-order valence-electron chi connectivity index (χ4n) is 2.87. The summed E-state index contributed by atoms with van der Waals surface area (Å²) >= 11 is 0.